The second-order valence-corrected chi connectivity index (χ2v) is 11.5. The van der Waals surface area contributed by atoms with E-state index < -0.39 is 33.8 Å². The summed E-state index contributed by atoms with van der Waals surface area (Å²) in [6.45, 7) is 4.65. The summed E-state index contributed by atoms with van der Waals surface area (Å²) in [6, 6.07) is 6.31. The van der Waals surface area contributed by atoms with Gasteiger partial charge in [0, 0.05) is 11.6 Å². The Bertz CT molecular complexity index is 1680. The van der Waals surface area contributed by atoms with Crippen LogP contribution in [0, 0.1) is 6.92 Å². The molecule has 1 fully saturated rings. The van der Waals surface area contributed by atoms with Gasteiger partial charge >= 0.3 is 0 Å². The lowest BCUT2D eigenvalue weighted by Crippen LogP contribution is -2.26. The van der Waals surface area contributed by atoms with Crippen LogP contribution >= 0.6 is 11.6 Å². The monoisotopic (exact) mass is 536 g/mol. The summed E-state index contributed by atoms with van der Waals surface area (Å²) in [7, 11) is -3.76. The van der Waals surface area contributed by atoms with Crippen molar-refractivity contribution < 1.29 is 17.2 Å². The topological polar surface area (TPSA) is 112 Å². The molecule has 4 aromatic rings. The minimum Gasteiger partial charge on any atom is -0.268 e. The Balaban J connectivity index is 1.85. The van der Waals surface area contributed by atoms with Crippen LogP contribution in [0.5, 0.6) is 0 Å². The largest absolute Gasteiger partial charge is 0.268 e. The van der Waals surface area contributed by atoms with Gasteiger partial charge in [-0.25, -0.2) is 27.2 Å². The van der Waals surface area contributed by atoms with E-state index in [9.17, 15) is 22.0 Å². The highest BCUT2D eigenvalue weighted by molar-refractivity contribution is 7.93. The molecule has 0 bridgehead atoms. The van der Waals surface area contributed by atoms with E-state index in [-0.39, 0.29) is 44.4 Å². The lowest BCUT2D eigenvalue weighted by Gasteiger charge is -2.18. The van der Waals surface area contributed by atoms with Crippen LogP contribution in [0.4, 0.5) is 14.6 Å². The number of aryl methyl sites for hydroxylation is 1. The SMILES string of the molecule is Cc1ccc2c(=O)n(-c3ccc(Cl)c4c(NS(=O)(=O)C5CC5)nn(CC(F)F)c34)c(C(C)C)nc2n1. The standard InChI is InChI=1S/C23H23ClF2N6O3S/c1-11(2)22-28-20-14(7-4-12(3)27-20)23(33)32(22)16-9-8-15(24)18-19(16)31(10-17(25)26)29-21(18)30-36(34,35)13-5-6-13/h4,7-9,11,13,17H,5-6,10H2,1-3H3,(H,29,30). The van der Waals surface area contributed by atoms with E-state index >= 15 is 0 Å². The first-order valence-corrected chi connectivity index (χ1v) is 13.3. The van der Waals surface area contributed by atoms with E-state index in [1.807, 2.05) is 13.8 Å². The van der Waals surface area contributed by atoms with E-state index in [0.717, 1.165) is 4.68 Å². The number of benzene rings is 1. The number of halogens is 3. The van der Waals surface area contributed by atoms with E-state index in [1.54, 1.807) is 19.1 Å². The van der Waals surface area contributed by atoms with Crippen LogP contribution < -0.4 is 10.3 Å². The van der Waals surface area contributed by atoms with Crippen LogP contribution in [0.2, 0.25) is 5.02 Å². The van der Waals surface area contributed by atoms with Crippen molar-refractivity contribution in [3.8, 4) is 5.69 Å². The smallest absolute Gasteiger partial charge is 0.267 e. The van der Waals surface area contributed by atoms with Crippen LogP contribution in [0.1, 0.15) is 44.1 Å². The number of aromatic nitrogens is 5. The normalized spacial score (nSPS) is 14.4. The lowest BCUT2D eigenvalue weighted by molar-refractivity contribution is 0.123. The van der Waals surface area contributed by atoms with Gasteiger partial charge in [0.15, 0.2) is 11.5 Å². The molecule has 13 heteroatoms. The average Bonchev–Trinajstić information content (AvgIpc) is 3.59. The highest BCUT2D eigenvalue weighted by Gasteiger charge is 2.37. The molecule has 0 aliphatic heterocycles. The molecule has 0 unspecified atom stereocenters. The lowest BCUT2D eigenvalue weighted by atomic mass is 10.1. The average molecular weight is 537 g/mol. The number of fused-ring (bicyclic) bond motifs is 2. The molecule has 3 heterocycles. The van der Waals surface area contributed by atoms with Crippen molar-refractivity contribution in [2.24, 2.45) is 0 Å². The maximum absolute atomic E-state index is 13.7. The first-order chi connectivity index (χ1) is 17.0. The van der Waals surface area contributed by atoms with Crippen LogP contribution in [-0.4, -0.2) is 44.4 Å². The maximum atomic E-state index is 13.7. The second-order valence-electron chi connectivity index (χ2n) is 9.15. The summed E-state index contributed by atoms with van der Waals surface area (Å²) in [5.41, 5.74) is 0.844. The summed E-state index contributed by atoms with van der Waals surface area (Å²) in [4.78, 5) is 22.7. The summed E-state index contributed by atoms with van der Waals surface area (Å²) < 4.78 is 57.2. The Hall–Kier alpha value is -3.12. The molecule has 9 nitrogen and oxygen atoms in total. The molecule has 0 amide bonds. The Morgan fingerprint density at radius 1 is 1.17 bits per heavy atom. The van der Waals surface area contributed by atoms with Crippen molar-refractivity contribution in [2.45, 2.75) is 57.8 Å². The van der Waals surface area contributed by atoms with Gasteiger partial charge in [-0.05, 0) is 44.0 Å². The summed E-state index contributed by atoms with van der Waals surface area (Å²) in [5, 5.41) is 4.08. The number of hydrogen-bond donors (Lipinski definition) is 1. The Kier molecular flexibility index (Phi) is 5.98. The fourth-order valence-electron chi connectivity index (χ4n) is 4.17. The molecule has 1 aliphatic rings. The van der Waals surface area contributed by atoms with Crippen molar-refractivity contribution in [1.82, 2.24) is 24.3 Å². The van der Waals surface area contributed by atoms with Crippen molar-refractivity contribution in [3.63, 3.8) is 0 Å². The molecule has 0 atom stereocenters. The molecule has 0 radical (unpaired) electrons. The van der Waals surface area contributed by atoms with E-state index in [2.05, 4.69) is 19.8 Å². The summed E-state index contributed by atoms with van der Waals surface area (Å²) in [5.74, 6) is -0.0387. The quantitative estimate of drug-likeness (QED) is 0.375. The van der Waals surface area contributed by atoms with Gasteiger partial charge in [0.05, 0.1) is 32.2 Å². The molecular formula is C23H23ClF2N6O3S. The van der Waals surface area contributed by atoms with Crippen LogP contribution in [0.15, 0.2) is 29.1 Å². The van der Waals surface area contributed by atoms with Gasteiger partial charge in [-0.3, -0.25) is 18.8 Å². The third kappa shape index (κ3) is 4.21. The van der Waals surface area contributed by atoms with Gasteiger partial charge in [0.1, 0.15) is 12.4 Å². The number of hydrogen-bond acceptors (Lipinski definition) is 6. The van der Waals surface area contributed by atoms with Gasteiger partial charge in [-0.15, -0.1) is 0 Å². The summed E-state index contributed by atoms with van der Waals surface area (Å²) in [6.07, 6.45) is -1.78. The van der Waals surface area contributed by atoms with Gasteiger partial charge < -0.3 is 0 Å². The van der Waals surface area contributed by atoms with Gasteiger partial charge in [-0.2, -0.15) is 5.10 Å². The Morgan fingerprint density at radius 2 is 1.89 bits per heavy atom. The molecule has 0 saturated heterocycles. The third-order valence-corrected chi connectivity index (χ3v) is 8.13. The van der Waals surface area contributed by atoms with Crippen LogP contribution in [-0.2, 0) is 16.6 Å². The minimum absolute atomic E-state index is 0.0986. The Labute approximate surface area is 210 Å². The fourth-order valence-corrected chi connectivity index (χ4v) is 5.75. The number of sulfonamides is 1. The zero-order valence-electron chi connectivity index (χ0n) is 19.7. The van der Waals surface area contributed by atoms with Crippen molar-refractivity contribution in [2.75, 3.05) is 4.72 Å². The third-order valence-electron chi connectivity index (χ3n) is 5.99. The Morgan fingerprint density at radius 3 is 2.53 bits per heavy atom. The van der Waals surface area contributed by atoms with Gasteiger partial charge in [-0.1, -0.05) is 25.4 Å². The molecule has 0 spiro atoms. The minimum atomic E-state index is -3.76. The predicted octanol–water partition coefficient (Wildman–Crippen LogP) is 4.38. The predicted molar refractivity (Wildman–Crippen MR) is 134 cm³/mol. The van der Waals surface area contributed by atoms with E-state index in [1.165, 1.54) is 16.7 Å². The molecule has 1 aliphatic carbocycles. The van der Waals surface area contributed by atoms with Gasteiger partial charge in [0.25, 0.3) is 12.0 Å². The van der Waals surface area contributed by atoms with Crippen molar-refractivity contribution >= 4 is 49.4 Å². The number of rotatable bonds is 7. The first kappa shape index (κ1) is 24.6. The highest BCUT2D eigenvalue weighted by atomic mass is 35.5. The van der Waals surface area contributed by atoms with Crippen molar-refractivity contribution in [3.05, 3.63) is 51.2 Å². The molecular weight excluding hydrogens is 514 g/mol. The number of nitrogens with zero attached hydrogens (tertiary/aromatic N) is 5. The number of nitrogens with one attached hydrogen (secondary N) is 1. The van der Waals surface area contributed by atoms with E-state index in [0.29, 0.717) is 24.4 Å². The van der Waals surface area contributed by atoms with Crippen LogP contribution in [0.3, 0.4) is 0 Å². The van der Waals surface area contributed by atoms with Crippen molar-refractivity contribution in [1.29, 1.82) is 0 Å². The van der Waals surface area contributed by atoms with Crippen LogP contribution in [0.25, 0.3) is 27.6 Å². The molecule has 36 heavy (non-hydrogen) atoms. The van der Waals surface area contributed by atoms with Gasteiger partial charge in [0.2, 0.25) is 10.0 Å². The number of anilines is 1. The molecule has 1 N–H and O–H groups in total. The molecule has 1 aromatic carbocycles. The first-order valence-electron chi connectivity index (χ1n) is 11.4. The summed E-state index contributed by atoms with van der Waals surface area (Å²) >= 11 is 6.46. The number of alkyl halides is 2. The van der Waals surface area contributed by atoms with E-state index in [4.69, 9.17) is 11.6 Å². The maximum Gasteiger partial charge on any atom is 0.267 e. The molecule has 5 rings (SSSR count). The highest BCUT2D eigenvalue weighted by Crippen LogP contribution is 2.38. The molecule has 3 aromatic heterocycles. The zero-order valence-corrected chi connectivity index (χ0v) is 21.2. The second kappa shape index (κ2) is 8.77. The zero-order chi connectivity index (χ0) is 25.9. The fraction of sp³-hybridized carbons (Fsp3) is 0.391. The molecule has 190 valence electrons. The number of pyridine rings is 1. The molecule has 1 saturated carbocycles.